The minimum Gasteiger partial charge on any atom is -0.449 e. The monoisotopic (exact) mass is 373 g/mol. The van der Waals surface area contributed by atoms with Crippen molar-refractivity contribution in [2.24, 2.45) is 5.92 Å². The predicted octanol–water partition coefficient (Wildman–Crippen LogP) is 3.84. The summed E-state index contributed by atoms with van der Waals surface area (Å²) in [6.45, 7) is 8.05. The van der Waals surface area contributed by atoms with E-state index < -0.39 is 11.9 Å². The van der Waals surface area contributed by atoms with Crippen LogP contribution in [-0.2, 0) is 17.5 Å². The lowest BCUT2D eigenvalue weighted by molar-refractivity contribution is -0.141. The van der Waals surface area contributed by atoms with Gasteiger partial charge in [-0.25, -0.2) is 4.79 Å². The van der Waals surface area contributed by atoms with Crippen LogP contribution in [0.1, 0.15) is 44.9 Å². The fraction of sp³-hybridized carbons (Fsp3) is 0.667. The number of piperidine rings is 1. The van der Waals surface area contributed by atoms with E-state index in [-0.39, 0.29) is 11.6 Å². The van der Waals surface area contributed by atoms with Gasteiger partial charge in [0.05, 0.1) is 6.61 Å². The number of aromatic nitrogens is 1. The van der Waals surface area contributed by atoms with Crippen LogP contribution in [0.25, 0.3) is 0 Å². The van der Waals surface area contributed by atoms with E-state index in [1.807, 2.05) is 13.8 Å². The maximum absolute atomic E-state index is 12.5. The van der Waals surface area contributed by atoms with Gasteiger partial charge in [0, 0.05) is 31.4 Å². The summed E-state index contributed by atoms with van der Waals surface area (Å²) in [7, 11) is 0. The van der Waals surface area contributed by atoms with Gasteiger partial charge in [0.2, 0.25) is 0 Å². The molecule has 1 aromatic heterocycles. The molecule has 1 aliphatic rings. The highest BCUT2D eigenvalue weighted by atomic mass is 19.4. The van der Waals surface area contributed by atoms with Crippen LogP contribution >= 0.6 is 0 Å². The van der Waals surface area contributed by atoms with E-state index in [2.05, 4.69) is 17.2 Å². The zero-order valence-corrected chi connectivity index (χ0v) is 15.4. The molecule has 1 saturated heterocycles. The number of rotatable bonds is 5. The minimum atomic E-state index is -4.42. The molecular weight excluding hydrogens is 347 g/mol. The number of amides is 1. The summed E-state index contributed by atoms with van der Waals surface area (Å²) in [5.41, 5.74) is -0.379. The van der Waals surface area contributed by atoms with Crippen LogP contribution in [0.4, 0.5) is 18.0 Å². The van der Waals surface area contributed by atoms with Gasteiger partial charge in [-0.2, -0.15) is 13.2 Å². The summed E-state index contributed by atoms with van der Waals surface area (Å²) < 4.78 is 42.9. The molecule has 1 fully saturated rings. The van der Waals surface area contributed by atoms with Gasteiger partial charge in [0.1, 0.15) is 5.69 Å². The number of pyridine rings is 1. The first-order valence-corrected chi connectivity index (χ1v) is 8.78. The van der Waals surface area contributed by atoms with Crippen LogP contribution in [0, 0.1) is 5.92 Å². The number of nitrogens with zero attached hydrogens (tertiary/aromatic N) is 2. The van der Waals surface area contributed by atoms with E-state index in [0.29, 0.717) is 37.7 Å². The number of likely N-dealkylation sites (tertiary alicyclic amines) is 1. The Bertz CT molecular complexity index is 595. The second kappa shape index (κ2) is 8.24. The Balaban J connectivity index is 1.81. The van der Waals surface area contributed by atoms with Crippen molar-refractivity contribution in [3.63, 3.8) is 0 Å². The lowest BCUT2D eigenvalue weighted by Crippen LogP contribution is -2.52. The Morgan fingerprint density at radius 2 is 2.00 bits per heavy atom. The molecule has 1 N–H and O–H groups in total. The van der Waals surface area contributed by atoms with Crippen molar-refractivity contribution in [3.05, 3.63) is 29.6 Å². The van der Waals surface area contributed by atoms with Gasteiger partial charge in [-0.3, -0.25) is 4.98 Å². The van der Waals surface area contributed by atoms with E-state index in [4.69, 9.17) is 4.74 Å². The minimum absolute atomic E-state index is 0.183. The largest absolute Gasteiger partial charge is 0.449 e. The molecule has 0 atom stereocenters. The van der Waals surface area contributed by atoms with Crippen molar-refractivity contribution in [1.82, 2.24) is 15.2 Å². The van der Waals surface area contributed by atoms with Gasteiger partial charge in [-0.1, -0.05) is 19.9 Å². The van der Waals surface area contributed by atoms with Gasteiger partial charge >= 0.3 is 12.3 Å². The first kappa shape index (κ1) is 20.5. The van der Waals surface area contributed by atoms with Crippen LogP contribution in [-0.4, -0.2) is 41.2 Å². The number of nitrogens with one attached hydrogen (secondary N) is 1. The number of hydrogen-bond acceptors (Lipinski definition) is 4. The zero-order valence-electron chi connectivity index (χ0n) is 15.4. The molecule has 0 radical (unpaired) electrons. The summed E-state index contributed by atoms with van der Waals surface area (Å²) in [6.07, 6.45) is -1.96. The van der Waals surface area contributed by atoms with E-state index in [1.54, 1.807) is 4.90 Å². The molecule has 0 unspecified atom stereocenters. The number of carbonyl (C=O) groups is 1. The molecule has 26 heavy (non-hydrogen) atoms. The van der Waals surface area contributed by atoms with Crippen LogP contribution in [0.5, 0.6) is 0 Å². The lowest BCUT2D eigenvalue weighted by Gasteiger charge is -2.39. The Labute approximate surface area is 151 Å². The number of carbonyl (C=O) groups excluding carboxylic acids is 1. The summed E-state index contributed by atoms with van der Waals surface area (Å²) in [5, 5.41) is 3.38. The van der Waals surface area contributed by atoms with Crippen LogP contribution in [0.3, 0.4) is 0 Å². The second-order valence-electron chi connectivity index (χ2n) is 7.42. The van der Waals surface area contributed by atoms with Gasteiger partial charge in [-0.05, 0) is 37.3 Å². The van der Waals surface area contributed by atoms with Crippen molar-refractivity contribution in [3.8, 4) is 0 Å². The Kier molecular flexibility index (Phi) is 6.49. The van der Waals surface area contributed by atoms with Crippen molar-refractivity contribution in [2.75, 3.05) is 19.7 Å². The molecule has 1 aliphatic heterocycles. The third-order valence-electron chi connectivity index (χ3n) is 4.50. The SMILES string of the molecule is CC(C)COC(=O)N1CCC(C)(NCc2ccc(C(F)(F)F)nc2)CC1. The standard InChI is InChI=1S/C18H26F3N3O2/c1-13(2)12-26-16(25)24-8-6-17(3,7-9-24)23-11-14-4-5-15(22-10-14)18(19,20)21/h4-5,10,13,23H,6-9,11-12H2,1-3H3. The molecule has 0 bridgehead atoms. The topological polar surface area (TPSA) is 54.5 Å². The maximum atomic E-state index is 12.5. The molecule has 8 heteroatoms. The Morgan fingerprint density at radius 3 is 2.50 bits per heavy atom. The van der Waals surface area contributed by atoms with E-state index in [1.165, 1.54) is 12.3 Å². The fourth-order valence-corrected chi connectivity index (χ4v) is 2.70. The second-order valence-corrected chi connectivity index (χ2v) is 7.42. The summed E-state index contributed by atoms with van der Waals surface area (Å²) >= 11 is 0. The maximum Gasteiger partial charge on any atom is 0.433 e. The summed E-state index contributed by atoms with van der Waals surface area (Å²) in [5.74, 6) is 0.299. The molecular formula is C18H26F3N3O2. The fourth-order valence-electron chi connectivity index (χ4n) is 2.70. The number of alkyl halides is 3. The normalized spacial score (nSPS) is 17.4. The number of halogens is 3. The van der Waals surface area contributed by atoms with Crippen LogP contribution in [0.15, 0.2) is 18.3 Å². The average Bonchev–Trinajstić information content (AvgIpc) is 2.58. The molecule has 0 spiro atoms. The first-order chi connectivity index (χ1) is 12.1. The number of ether oxygens (including phenoxy) is 1. The molecule has 1 aromatic rings. The van der Waals surface area contributed by atoms with Gasteiger partial charge in [0.25, 0.3) is 0 Å². The Hall–Kier alpha value is -1.83. The predicted molar refractivity (Wildman–Crippen MR) is 91.5 cm³/mol. The molecule has 2 rings (SSSR count). The molecule has 0 aliphatic carbocycles. The smallest absolute Gasteiger partial charge is 0.433 e. The van der Waals surface area contributed by atoms with Gasteiger partial charge < -0.3 is 15.0 Å². The van der Waals surface area contributed by atoms with Crippen LogP contribution < -0.4 is 5.32 Å². The van der Waals surface area contributed by atoms with Crippen molar-refractivity contribution < 1.29 is 22.7 Å². The van der Waals surface area contributed by atoms with Crippen molar-refractivity contribution >= 4 is 6.09 Å². The molecule has 2 heterocycles. The first-order valence-electron chi connectivity index (χ1n) is 8.78. The zero-order chi connectivity index (χ0) is 19.4. The van der Waals surface area contributed by atoms with E-state index in [9.17, 15) is 18.0 Å². The molecule has 146 valence electrons. The van der Waals surface area contributed by atoms with Crippen molar-refractivity contribution in [1.29, 1.82) is 0 Å². The molecule has 0 saturated carbocycles. The average molecular weight is 373 g/mol. The number of hydrogen-bond donors (Lipinski definition) is 1. The quantitative estimate of drug-likeness (QED) is 0.852. The highest BCUT2D eigenvalue weighted by Crippen LogP contribution is 2.27. The van der Waals surface area contributed by atoms with E-state index in [0.717, 1.165) is 18.9 Å². The third kappa shape index (κ3) is 5.86. The summed E-state index contributed by atoms with van der Waals surface area (Å²) in [4.78, 5) is 17.2. The van der Waals surface area contributed by atoms with E-state index >= 15 is 0 Å². The molecule has 0 aromatic carbocycles. The Morgan fingerprint density at radius 1 is 1.35 bits per heavy atom. The lowest BCUT2D eigenvalue weighted by atomic mass is 9.89. The summed E-state index contributed by atoms with van der Waals surface area (Å²) in [6, 6.07) is 2.43. The highest BCUT2D eigenvalue weighted by molar-refractivity contribution is 5.67. The van der Waals surface area contributed by atoms with Crippen LogP contribution in [0.2, 0.25) is 0 Å². The molecule has 5 nitrogen and oxygen atoms in total. The molecule has 1 amide bonds. The van der Waals surface area contributed by atoms with Crippen molar-refractivity contribution in [2.45, 2.75) is 51.9 Å². The van der Waals surface area contributed by atoms with Gasteiger partial charge in [-0.15, -0.1) is 0 Å². The van der Waals surface area contributed by atoms with Gasteiger partial charge in [0.15, 0.2) is 0 Å². The third-order valence-corrected chi connectivity index (χ3v) is 4.50. The highest BCUT2D eigenvalue weighted by Gasteiger charge is 2.33.